The van der Waals surface area contributed by atoms with E-state index in [9.17, 15) is 0 Å². The number of nitrogens with one attached hydrogen (secondary N) is 1. The van der Waals surface area contributed by atoms with Crippen molar-refractivity contribution in [1.82, 2.24) is 15.3 Å². The minimum atomic E-state index is 0.140. The fourth-order valence-corrected chi connectivity index (χ4v) is 3.13. The van der Waals surface area contributed by atoms with Crippen LogP contribution in [0.5, 0.6) is 0 Å². The van der Waals surface area contributed by atoms with Crippen molar-refractivity contribution in [3.8, 4) is 0 Å². The van der Waals surface area contributed by atoms with Crippen LogP contribution in [-0.2, 0) is 18.5 Å². The van der Waals surface area contributed by atoms with E-state index in [4.69, 9.17) is 0 Å². The minimum Gasteiger partial charge on any atom is -0.305 e. The highest BCUT2D eigenvalue weighted by atomic mass is 32.1. The van der Waals surface area contributed by atoms with Crippen molar-refractivity contribution in [3.05, 3.63) is 32.2 Å². The molecule has 0 amide bonds. The van der Waals surface area contributed by atoms with Crippen molar-refractivity contribution in [2.75, 3.05) is 0 Å². The van der Waals surface area contributed by atoms with Crippen LogP contribution in [0.1, 0.15) is 42.2 Å². The predicted molar refractivity (Wildman–Crippen MR) is 78.2 cm³/mol. The SMILES string of the molecule is Cc1nc(CNCc2nc(C(C)(C)C)cs2)cs1. The lowest BCUT2D eigenvalue weighted by atomic mass is 9.93. The number of hydrogen-bond acceptors (Lipinski definition) is 5. The second-order valence-corrected chi connectivity index (χ2v) is 7.34. The molecule has 2 rings (SSSR count). The van der Waals surface area contributed by atoms with Gasteiger partial charge in [0.05, 0.1) is 16.4 Å². The highest BCUT2D eigenvalue weighted by Gasteiger charge is 2.17. The average molecular weight is 281 g/mol. The number of hydrogen-bond donors (Lipinski definition) is 1. The molecule has 0 aliphatic carbocycles. The zero-order valence-electron chi connectivity index (χ0n) is 11.3. The molecule has 0 saturated heterocycles. The smallest absolute Gasteiger partial charge is 0.107 e. The van der Waals surface area contributed by atoms with E-state index in [1.165, 1.54) is 5.69 Å². The Morgan fingerprint density at radius 3 is 2.44 bits per heavy atom. The lowest BCUT2D eigenvalue weighted by Gasteiger charge is -2.14. The Kier molecular flexibility index (Phi) is 4.14. The van der Waals surface area contributed by atoms with Crippen LogP contribution in [0.25, 0.3) is 0 Å². The van der Waals surface area contributed by atoms with Gasteiger partial charge in [0.25, 0.3) is 0 Å². The van der Waals surface area contributed by atoms with Crippen LogP contribution in [0.15, 0.2) is 10.8 Å². The Morgan fingerprint density at radius 2 is 1.89 bits per heavy atom. The normalized spacial score (nSPS) is 12.0. The summed E-state index contributed by atoms with van der Waals surface area (Å²) in [6, 6.07) is 0. The molecule has 0 aliphatic heterocycles. The molecular weight excluding hydrogens is 262 g/mol. The van der Waals surface area contributed by atoms with Crippen molar-refractivity contribution in [1.29, 1.82) is 0 Å². The van der Waals surface area contributed by atoms with Gasteiger partial charge >= 0.3 is 0 Å². The predicted octanol–water partition coefficient (Wildman–Crippen LogP) is 3.50. The lowest BCUT2D eigenvalue weighted by Crippen LogP contribution is -2.14. The summed E-state index contributed by atoms with van der Waals surface area (Å²) in [6.45, 7) is 10.2. The molecule has 0 aromatic carbocycles. The molecule has 0 fully saturated rings. The molecule has 1 N–H and O–H groups in total. The van der Waals surface area contributed by atoms with Gasteiger partial charge in [-0.2, -0.15) is 0 Å². The molecular formula is C13H19N3S2. The van der Waals surface area contributed by atoms with Gasteiger partial charge in [0, 0.05) is 29.3 Å². The number of thiazole rings is 2. The van der Waals surface area contributed by atoms with Crippen LogP contribution in [0.4, 0.5) is 0 Å². The van der Waals surface area contributed by atoms with Gasteiger partial charge in [0.1, 0.15) is 5.01 Å². The summed E-state index contributed by atoms with van der Waals surface area (Å²) >= 11 is 3.42. The number of aryl methyl sites for hydroxylation is 1. The second-order valence-electron chi connectivity index (χ2n) is 5.34. The summed E-state index contributed by atoms with van der Waals surface area (Å²) < 4.78 is 0. The molecule has 0 atom stereocenters. The first-order valence-corrected chi connectivity index (χ1v) is 7.77. The molecule has 3 nitrogen and oxygen atoms in total. The molecule has 0 aliphatic rings. The van der Waals surface area contributed by atoms with E-state index in [-0.39, 0.29) is 5.41 Å². The third-order valence-electron chi connectivity index (χ3n) is 2.57. The molecule has 0 unspecified atom stereocenters. The highest BCUT2D eigenvalue weighted by molar-refractivity contribution is 7.09. The summed E-state index contributed by atoms with van der Waals surface area (Å²) in [6.07, 6.45) is 0. The van der Waals surface area contributed by atoms with Crippen LogP contribution in [-0.4, -0.2) is 9.97 Å². The third-order valence-corrected chi connectivity index (χ3v) is 4.24. The second kappa shape index (κ2) is 5.47. The molecule has 98 valence electrons. The Hall–Kier alpha value is -0.780. The summed E-state index contributed by atoms with van der Waals surface area (Å²) in [7, 11) is 0. The number of nitrogens with zero attached hydrogens (tertiary/aromatic N) is 2. The van der Waals surface area contributed by atoms with Crippen LogP contribution >= 0.6 is 22.7 Å². The largest absolute Gasteiger partial charge is 0.305 e. The maximum Gasteiger partial charge on any atom is 0.107 e. The van der Waals surface area contributed by atoms with Crippen LogP contribution < -0.4 is 5.32 Å². The summed E-state index contributed by atoms with van der Waals surface area (Å²) in [5, 5.41) is 9.91. The Morgan fingerprint density at radius 1 is 1.11 bits per heavy atom. The third kappa shape index (κ3) is 3.60. The van der Waals surface area contributed by atoms with E-state index in [1.807, 2.05) is 6.92 Å². The van der Waals surface area contributed by atoms with Crippen molar-refractivity contribution in [2.24, 2.45) is 0 Å². The van der Waals surface area contributed by atoms with Gasteiger partial charge in [0.15, 0.2) is 0 Å². The molecule has 2 aromatic rings. The van der Waals surface area contributed by atoms with Crippen molar-refractivity contribution in [3.63, 3.8) is 0 Å². The van der Waals surface area contributed by atoms with E-state index in [0.29, 0.717) is 0 Å². The molecule has 0 bridgehead atoms. The van der Waals surface area contributed by atoms with Gasteiger partial charge in [-0.3, -0.25) is 0 Å². The molecule has 0 spiro atoms. The quantitative estimate of drug-likeness (QED) is 0.932. The maximum atomic E-state index is 4.66. The van der Waals surface area contributed by atoms with Gasteiger partial charge in [-0.05, 0) is 6.92 Å². The zero-order valence-corrected chi connectivity index (χ0v) is 12.9. The van der Waals surface area contributed by atoms with Crippen molar-refractivity contribution in [2.45, 2.75) is 46.2 Å². The number of aromatic nitrogens is 2. The van der Waals surface area contributed by atoms with Crippen molar-refractivity contribution < 1.29 is 0 Å². The van der Waals surface area contributed by atoms with E-state index in [0.717, 1.165) is 28.8 Å². The van der Waals surface area contributed by atoms with Crippen LogP contribution in [0.2, 0.25) is 0 Å². The van der Waals surface area contributed by atoms with Gasteiger partial charge in [-0.25, -0.2) is 9.97 Å². The van der Waals surface area contributed by atoms with Gasteiger partial charge in [-0.15, -0.1) is 22.7 Å². The monoisotopic (exact) mass is 281 g/mol. The van der Waals surface area contributed by atoms with Crippen LogP contribution in [0.3, 0.4) is 0 Å². The standard InChI is InChI=1S/C13H19N3S2/c1-9-15-10(7-17-9)5-14-6-12-16-11(8-18-12)13(2,3)4/h7-8,14H,5-6H2,1-4H3. The number of rotatable bonds is 4. The lowest BCUT2D eigenvalue weighted by molar-refractivity contribution is 0.568. The minimum absolute atomic E-state index is 0.140. The molecule has 2 aromatic heterocycles. The fourth-order valence-electron chi connectivity index (χ4n) is 1.52. The molecule has 0 saturated carbocycles. The van der Waals surface area contributed by atoms with Crippen molar-refractivity contribution >= 4 is 22.7 Å². The van der Waals surface area contributed by atoms with Crippen LogP contribution in [0, 0.1) is 6.92 Å². The fraction of sp³-hybridized carbons (Fsp3) is 0.538. The van der Waals surface area contributed by atoms with Gasteiger partial charge in [-0.1, -0.05) is 20.8 Å². The molecule has 0 radical (unpaired) electrons. The highest BCUT2D eigenvalue weighted by Crippen LogP contribution is 2.23. The van der Waals surface area contributed by atoms with E-state index < -0.39 is 0 Å². The van der Waals surface area contributed by atoms with E-state index in [1.54, 1.807) is 22.7 Å². The van der Waals surface area contributed by atoms with Gasteiger partial charge in [0.2, 0.25) is 0 Å². The average Bonchev–Trinajstić information content (AvgIpc) is 2.87. The zero-order chi connectivity index (χ0) is 13.2. The summed E-state index contributed by atoms with van der Waals surface area (Å²) in [5.74, 6) is 0. The molecule has 5 heteroatoms. The first-order valence-electron chi connectivity index (χ1n) is 6.02. The van der Waals surface area contributed by atoms with E-state index >= 15 is 0 Å². The van der Waals surface area contributed by atoms with Gasteiger partial charge < -0.3 is 5.32 Å². The molecule has 18 heavy (non-hydrogen) atoms. The first kappa shape index (κ1) is 13.6. The Labute approximate surface area is 116 Å². The molecule has 2 heterocycles. The summed E-state index contributed by atoms with van der Waals surface area (Å²) in [5.41, 5.74) is 2.43. The van der Waals surface area contributed by atoms with E-state index in [2.05, 4.69) is 46.8 Å². The maximum absolute atomic E-state index is 4.66. The summed E-state index contributed by atoms with van der Waals surface area (Å²) in [4.78, 5) is 9.08. The Balaban J connectivity index is 1.85. The Bertz CT molecular complexity index is 508. The first-order chi connectivity index (χ1) is 8.45. The topological polar surface area (TPSA) is 37.8 Å².